The summed E-state index contributed by atoms with van der Waals surface area (Å²) in [5, 5.41) is 8.88. The first kappa shape index (κ1) is 11.0. The average molecular weight is 239 g/mol. The third-order valence-corrected chi connectivity index (χ3v) is 4.04. The summed E-state index contributed by atoms with van der Waals surface area (Å²) in [5.74, 6) is 0.720. The summed E-state index contributed by atoms with van der Waals surface area (Å²) in [5.41, 5.74) is 0. The van der Waals surface area contributed by atoms with Crippen molar-refractivity contribution in [1.29, 1.82) is 0 Å². The van der Waals surface area contributed by atoms with Crippen molar-refractivity contribution in [2.45, 2.75) is 25.4 Å². The van der Waals surface area contributed by atoms with Crippen LogP contribution >= 0.6 is 0 Å². The molecule has 0 bridgehead atoms. The minimum atomic E-state index is -0.975. The number of ether oxygens (including phenoxy) is 1. The molecule has 1 N–H and O–H groups in total. The summed E-state index contributed by atoms with van der Waals surface area (Å²) in [6.07, 6.45) is 2.72. The van der Waals surface area contributed by atoms with Crippen molar-refractivity contribution in [1.82, 2.24) is 4.90 Å². The Morgan fingerprint density at radius 2 is 2.06 bits per heavy atom. The number of amides is 1. The second-order valence-corrected chi connectivity index (χ2v) is 5.33. The molecular weight excluding hydrogens is 222 g/mol. The van der Waals surface area contributed by atoms with Crippen LogP contribution in [0.3, 0.4) is 0 Å². The van der Waals surface area contributed by atoms with E-state index in [9.17, 15) is 9.59 Å². The maximum Gasteiger partial charge on any atom is 0.334 e. The van der Waals surface area contributed by atoms with Gasteiger partial charge in [-0.1, -0.05) is 0 Å². The highest BCUT2D eigenvalue weighted by Gasteiger charge is 2.52. The minimum Gasteiger partial charge on any atom is -0.479 e. The van der Waals surface area contributed by atoms with Crippen LogP contribution in [-0.4, -0.2) is 47.7 Å². The number of carboxylic acid groups (broad SMARTS) is 1. The molecule has 5 heteroatoms. The molecule has 1 saturated heterocycles. The van der Waals surface area contributed by atoms with Crippen molar-refractivity contribution in [2.75, 3.05) is 19.7 Å². The molecular formula is C12H17NO4. The second kappa shape index (κ2) is 3.98. The number of hydrogen-bond donors (Lipinski definition) is 1. The molecule has 3 aliphatic rings. The van der Waals surface area contributed by atoms with Crippen LogP contribution in [0.1, 0.15) is 19.3 Å². The van der Waals surface area contributed by atoms with Gasteiger partial charge >= 0.3 is 5.97 Å². The molecule has 3 rings (SSSR count). The van der Waals surface area contributed by atoms with E-state index >= 15 is 0 Å². The normalized spacial score (nSPS) is 36.7. The van der Waals surface area contributed by atoms with Crippen LogP contribution in [0.4, 0.5) is 0 Å². The average Bonchev–Trinajstić information content (AvgIpc) is 3.16. The Bertz CT molecular complexity index is 352. The monoisotopic (exact) mass is 239 g/mol. The van der Waals surface area contributed by atoms with E-state index in [0.29, 0.717) is 19.1 Å². The van der Waals surface area contributed by atoms with Crippen LogP contribution in [0.5, 0.6) is 0 Å². The lowest BCUT2D eigenvalue weighted by atomic mass is 10.2. The van der Waals surface area contributed by atoms with Crippen LogP contribution < -0.4 is 0 Å². The van der Waals surface area contributed by atoms with Gasteiger partial charge in [-0.25, -0.2) is 4.79 Å². The summed E-state index contributed by atoms with van der Waals surface area (Å²) in [7, 11) is 0. The van der Waals surface area contributed by atoms with E-state index in [4.69, 9.17) is 9.84 Å². The zero-order valence-corrected chi connectivity index (χ0v) is 9.67. The summed E-state index contributed by atoms with van der Waals surface area (Å²) in [6, 6.07) is 0. The van der Waals surface area contributed by atoms with Gasteiger partial charge in [0.2, 0.25) is 5.91 Å². The molecule has 1 heterocycles. The molecule has 0 unspecified atom stereocenters. The highest BCUT2D eigenvalue weighted by atomic mass is 16.5. The first-order valence-electron chi connectivity index (χ1n) is 6.30. The van der Waals surface area contributed by atoms with E-state index in [2.05, 4.69) is 0 Å². The van der Waals surface area contributed by atoms with Gasteiger partial charge < -0.3 is 14.7 Å². The van der Waals surface area contributed by atoms with Crippen LogP contribution in [0.2, 0.25) is 0 Å². The molecule has 0 aromatic carbocycles. The van der Waals surface area contributed by atoms with Crippen molar-refractivity contribution in [2.24, 2.45) is 17.8 Å². The Morgan fingerprint density at radius 3 is 2.71 bits per heavy atom. The molecule has 1 aliphatic heterocycles. The third kappa shape index (κ3) is 2.16. The number of rotatable bonds is 3. The van der Waals surface area contributed by atoms with E-state index in [1.807, 2.05) is 0 Å². The SMILES string of the molecule is O=C(O)[C@@H]1CN(C(=O)[C@@H]2C[C@H]2C2CC2)CCO1. The van der Waals surface area contributed by atoms with Gasteiger partial charge in [0, 0.05) is 12.5 Å². The van der Waals surface area contributed by atoms with Gasteiger partial charge in [0.05, 0.1) is 13.2 Å². The maximum atomic E-state index is 12.1. The topological polar surface area (TPSA) is 66.8 Å². The Balaban J connectivity index is 1.56. The molecule has 17 heavy (non-hydrogen) atoms. The Kier molecular flexibility index (Phi) is 2.58. The fraction of sp³-hybridized carbons (Fsp3) is 0.833. The molecule has 3 fully saturated rings. The lowest BCUT2D eigenvalue weighted by Gasteiger charge is -2.31. The van der Waals surface area contributed by atoms with Gasteiger partial charge in [0.25, 0.3) is 0 Å². The van der Waals surface area contributed by atoms with Gasteiger partial charge in [-0.2, -0.15) is 0 Å². The van der Waals surface area contributed by atoms with E-state index < -0.39 is 12.1 Å². The molecule has 0 aromatic heterocycles. The van der Waals surface area contributed by atoms with E-state index in [1.54, 1.807) is 4.90 Å². The summed E-state index contributed by atoms with van der Waals surface area (Å²) < 4.78 is 5.11. The van der Waals surface area contributed by atoms with Crippen LogP contribution in [0, 0.1) is 17.8 Å². The number of carbonyl (C=O) groups is 2. The summed E-state index contributed by atoms with van der Waals surface area (Å²) in [4.78, 5) is 24.7. The molecule has 2 saturated carbocycles. The zero-order valence-electron chi connectivity index (χ0n) is 9.67. The van der Waals surface area contributed by atoms with Crippen molar-refractivity contribution < 1.29 is 19.4 Å². The number of aliphatic carboxylic acids is 1. The van der Waals surface area contributed by atoms with Gasteiger partial charge in [-0.05, 0) is 31.1 Å². The summed E-state index contributed by atoms with van der Waals surface area (Å²) in [6.45, 7) is 1.09. The molecule has 1 amide bonds. The number of morpholine rings is 1. The highest BCUT2D eigenvalue weighted by molar-refractivity contribution is 5.83. The largest absolute Gasteiger partial charge is 0.479 e. The molecule has 5 nitrogen and oxygen atoms in total. The van der Waals surface area contributed by atoms with Crippen molar-refractivity contribution in [3.63, 3.8) is 0 Å². The van der Waals surface area contributed by atoms with Crippen molar-refractivity contribution in [3.8, 4) is 0 Å². The van der Waals surface area contributed by atoms with Crippen LogP contribution in [0.25, 0.3) is 0 Å². The van der Waals surface area contributed by atoms with Gasteiger partial charge in [0.15, 0.2) is 6.10 Å². The first-order chi connectivity index (χ1) is 8.16. The van der Waals surface area contributed by atoms with Gasteiger partial charge in [-0.3, -0.25) is 4.79 Å². The van der Waals surface area contributed by atoms with Crippen LogP contribution in [-0.2, 0) is 14.3 Å². The number of nitrogens with zero attached hydrogens (tertiary/aromatic N) is 1. The second-order valence-electron chi connectivity index (χ2n) is 5.33. The summed E-state index contributed by atoms with van der Waals surface area (Å²) >= 11 is 0. The van der Waals surface area contributed by atoms with Crippen LogP contribution in [0.15, 0.2) is 0 Å². The molecule has 0 spiro atoms. The predicted octanol–water partition coefficient (Wildman–Crippen LogP) is 0.344. The standard InChI is InChI=1S/C12H17NO4/c14-11(9-5-8(9)7-1-2-7)13-3-4-17-10(6-13)12(15)16/h7-10H,1-6H2,(H,15,16)/t8-,9+,10-/m0/s1. The molecule has 0 radical (unpaired) electrons. The Morgan fingerprint density at radius 1 is 1.29 bits per heavy atom. The van der Waals surface area contributed by atoms with E-state index in [-0.39, 0.29) is 18.4 Å². The van der Waals surface area contributed by atoms with E-state index in [1.165, 1.54) is 12.8 Å². The van der Waals surface area contributed by atoms with E-state index in [0.717, 1.165) is 12.3 Å². The molecule has 0 aromatic rings. The predicted molar refractivity (Wildman–Crippen MR) is 58.3 cm³/mol. The highest BCUT2D eigenvalue weighted by Crippen LogP contribution is 2.54. The molecule has 94 valence electrons. The lowest BCUT2D eigenvalue weighted by molar-refractivity contribution is -0.159. The Labute approximate surface area is 99.7 Å². The number of carbonyl (C=O) groups excluding carboxylic acids is 1. The lowest BCUT2D eigenvalue weighted by Crippen LogP contribution is -2.49. The molecule has 2 aliphatic carbocycles. The van der Waals surface area contributed by atoms with Gasteiger partial charge in [0.1, 0.15) is 0 Å². The van der Waals surface area contributed by atoms with Crippen molar-refractivity contribution in [3.05, 3.63) is 0 Å². The quantitative estimate of drug-likeness (QED) is 0.771. The maximum absolute atomic E-state index is 12.1. The zero-order chi connectivity index (χ0) is 12.0. The smallest absolute Gasteiger partial charge is 0.334 e. The Hall–Kier alpha value is -1.10. The fourth-order valence-corrected chi connectivity index (χ4v) is 2.78. The molecule has 3 atom stereocenters. The first-order valence-corrected chi connectivity index (χ1v) is 6.30. The minimum absolute atomic E-state index is 0.149. The number of hydrogen-bond acceptors (Lipinski definition) is 3. The third-order valence-electron chi connectivity index (χ3n) is 4.04. The van der Waals surface area contributed by atoms with Gasteiger partial charge in [-0.15, -0.1) is 0 Å². The number of carboxylic acids is 1. The van der Waals surface area contributed by atoms with Crippen molar-refractivity contribution >= 4 is 11.9 Å². The fourth-order valence-electron chi connectivity index (χ4n) is 2.78.